The first-order valence-corrected chi connectivity index (χ1v) is 10.3. The molecule has 4 aliphatic rings. The van der Waals surface area contributed by atoms with Gasteiger partial charge in [-0.2, -0.15) is 0 Å². The SMILES string of the molecule is CC(O)[C@@]1(O)CCC2C3CC[C@H]4CC(O)CCC4(C)C3CCC21C. The summed E-state index contributed by atoms with van der Waals surface area (Å²) in [5.74, 6) is 2.69. The molecule has 0 saturated heterocycles. The molecule has 3 N–H and O–H groups in total. The van der Waals surface area contributed by atoms with Gasteiger partial charge >= 0.3 is 0 Å². The van der Waals surface area contributed by atoms with Crippen molar-refractivity contribution in [2.45, 2.75) is 96.4 Å². The van der Waals surface area contributed by atoms with Crippen LogP contribution in [0.1, 0.15) is 78.6 Å². The zero-order chi connectivity index (χ0) is 17.3. The summed E-state index contributed by atoms with van der Waals surface area (Å²) in [4.78, 5) is 0. The molecule has 24 heavy (non-hydrogen) atoms. The van der Waals surface area contributed by atoms with E-state index in [1.807, 2.05) is 0 Å². The van der Waals surface area contributed by atoms with E-state index in [-0.39, 0.29) is 11.5 Å². The number of aliphatic hydroxyl groups excluding tert-OH is 2. The summed E-state index contributed by atoms with van der Waals surface area (Å²) in [6, 6.07) is 0. The summed E-state index contributed by atoms with van der Waals surface area (Å²) in [5, 5.41) is 31.7. The first-order chi connectivity index (χ1) is 11.2. The molecule has 0 aliphatic heterocycles. The maximum Gasteiger partial charge on any atom is 0.0958 e. The molecule has 0 aromatic heterocycles. The van der Waals surface area contributed by atoms with Crippen molar-refractivity contribution in [3.63, 3.8) is 0 Å². The van der Waals surface area contributed by atoms with Crippen LogP contribution in [-0.2, 0) is 0 Å². The molecule has 4 rings (SSSR count). The molecule has 4 aliphatic carbocycles. The van der Waals surface area contributed by atoms with Crippen molar-refractivity contribution in [3.8, 4) is 0 Å². The second-order valence-electron chi connectivity index (χ2n) is 10.2. The highest BCUT2D eigenvalue weighted by Gasteiger charge is 2.65. The van der Waals surface area contributed by atoms with Crippen molar-refractivity contribution in [1.82, 2.24) is 0 Å². The second-order valence-corrected chi connectivity index (χ2v) is 10.2. The molecular formula is C21H36O3. The van der Waals surface area contributed by atoms with E-state index in [9.17, 15) is 15.3 Å². The van der Waals surface area contributed by atoms with Gasteiger partial charge in [-0.15, -0.1) is 0 Å². The minimum atomic E-state index is -0.900. The van der Waals surface area contributed by atoms with Crippen LogP contribution in [0.4, 0.5) is 0 Å². The highest BCUT2D eigenvalue weighted by molar-refractivity contribution is 5.15. The van der Waals surface area contributed by atoms with Crippen LogP contribution < -0.4 is 0 Å². The lowest BCUT2D eigenvalue weighted by molar-refractivity contribution is -0.186. The Morgan fingerprint density at radius 3 is 2.33 bits per heavy atom. The molecular weight excluding hydrogens is 300 g/mol. The predicted molar refractivity (Wildman–Crippen MR) is 94.4 cm³/mol. The van der Waals surface area contributed by atoms with Crippen molar-refractivity contribution < 1.29 is 15.3 Å². The summed E-state index contributed by atoms with van der Waals surface area (Å²) < 4.78 is 0. The van der Waals surface area contributed by atoms with Crippen LogP contribution in [0, 0.1) is 34.5 Å². The van der Waals surface area contributed by atoms with Gasteiger partial charge in [-0.1, -0.05) is 13.8 Å². The van der Waals surface area contributed by atoms with E-state index in [1.165, 1.54) is 25.7 Å². The lowest BCUT2D eigenvalue weighted by atomic mass is 9.44. The first-order valence-electron chi connectivity index (χ1n) is 10.3. The molecule has 0 aromatic carbocycles. The molecule has 4 saturated carbocycles. The lowest BCUT2D eigenvalue weighted by Crippen LogP contribution is -2.59. The third-order valence-electron chi connectivity index (χ3n) is 9.54. The fraction of sp³-hybridized carbons (Fsp3) is 1.00. The smallest absolute Gasteiger partial charge is 0.0958 e. The van der Waals surface area contributed by atoms with Gasteiger partial charge in [0, 0.05) is 5.41 Å². The maximum absolute atomic E-state index is 11.3. The van der Waals surface area contributed by atoms with Crippen LogP contribution in [0.25, 0.3) is 0 Å². The Morgan fingerprint density at radius 2 is 1.62 bits per heavy atom. The fourth-order valence-electron chi connectivity index (χ4n) is 7.97. The van der Waals surface area contributed by atoms with Crippen LogP contribution in [0.3, 0.4) is 0 Å². The van der Waals surface area contributed by atoms with Gasteiger partial charge in [-0.05, 0) is 93.8 Å². The van der Waals surface area contributed by atoms with Crippen LogP contribution >= 0.6 is 0 Å². The molecule has 4 fully saturated rings. The van der Waals surface area contributed by atoms with Crippen LogP contribution in [-0.4, -0.2) is 33.1 Å². The third kappa shape index (κ3) is 2.07. The molecule has 0 radical (unpaired) electrons. The molecule has 0 bridgehead atoms. The Balaban J connectivity index is 1.63. The zero-order valence-corrected chi connectivity index (χ0v) is 15.7. The van der Waals surface area contributed by atoms with E-state index >= 15 is 0 Å². The molecule has 3 nitrogen and oxygen atoms in total. The first kappa shape index (κ1) is 17.3. The van der Waals surface area contributed by atoms with Crippen molar-refractivity contribution in [2.24, 2.45) is 34.5 Å². The van der Waals surface area contributed by atoms with Crippen LogP contribution in [0.5, 0.6) is 0 Å². The van der Waals surface area contributed by atoms with E-state index in [1.54, 1.807) is 6.92 Å². The Labute approximate surface area is 146 Å². The third-order valence-corrected chi connectivity index (χ3v) is 9.54. The standard InChI is InChI=1S/C21H36O3/c1-13(22)21(24)11-8-18-16-5-4-14-12-15(23)6-9-19(14,2)17(16)7-10-20(18,21)3/h13-18,22-24H,4-12H2,1-3H3/t13?,14-,15?,16?,17?,18?,19?,20?,21-/m0/s1. The second kappa shape index (κ2) is 5.44. The van der Waals surface area contributed by atoms with Gasteiger partial charge in [0.1, 0.15) is 0 Å². The summed E-state index contributed by atoms with van der Waals surface area (Å²) in [6.07, 6.45) is 8.99. The molecule has 0 spiro atoms. The molecule has 7 unspecified atom stereocenters. The van der Waals surface area contributed by atoms with E-state index < -0.39 is 11.7 Å². The normalized spacial score (nSPS) is 58.5. The topological polar surface area (TPSA) is 60.7 Å². The Hall–Kier alpha value is -0.120. The average Bonchev–Trinajstić information content (AvgIpc) is 2.81. The van der Waals surface area contributed by atoms with Gasteiger partial charge in [0.15, 0.2) is 0 Å². The van der Waals surface area contributed by atoms with Crippen molar-refractivity contribution in [2.75, 3.05) is 0 Å². The highest BCUT2D eigenvalue weighted by atomic mass is 16.3. The van der Waals surface area contributed by atoms with E-state index in [0.717, 1.165) is 38.0 Å². The monoisotopic (exact) mass is 336 g/mol. The van der Waals surface area contributed by atoms with Gasteiger partial charge in [-0.25, -0.2) is 0 Å². The predicted octanol–water partition coefficient (Wildman–Crippen LogP) is 3.50. The molecule has 3 heteroatoms. The number of hydrogen-bond donors (Lipinski definition) is 3. The number of rotatable bonds is 1. The van der Waals surface area contributed by atoms with Crippen LogP contribution in [0.2, 0.25) is 0 Å². The summed E-state index contributed by atoms with van der Waals surface area (Å²) in [6.45, 7) is 6.53. The molecule has 0 amide bonds. The summed E-state index contributed by atoms with van der Waals surface area (Å²) in [5.41, 5.74) is -0.641. The van der Waals surface area contributed by atoms with Gasteiger partial charge in [-0.3, -0.25) is 0 Å². The van der Waals surface area contributed by atoms with E-state index in [0.29, 0.717) is 23.2 Å². The fourth-order valence-corrected chi connectivity index (χ4v) is 7.97. The van der Waals surface area contributed by atoms with Gasteiger partial charge in [0.2, 0.25) is 0 Å². The van der Waals surface area contributed by atoms with Crippen molar-refractivity contribution in [3.05, 3.63) is 0 Å². The Bertz CT molecular complexity index is 505. The Morgan fingerprint density at radius 1 is 0.917 bits per heavy atom. The van der Waals surface area contributed by atoms with Gasteiger partial charge in [0.25, 0.3) is 0 Å². The minimum Gasteiger partial charge on any atom is -0.393 e. The average molecular weight is 337 g/mol. The number of aliphatic hydroxyl groups is 3. The van der Waals surface area contributed by atoms with E-state index in [4.69, 9.17) is 0 Å². The quantitative estimate of drug-likeness (QED) is 0.687. The number of hydrogen-bond acceptors (Lipinski definition) is 3. The Kier molecular flexibility index (Phi) is 3.92. The molecule has 9 atom stereocenters. The van der Waals surface area contributed by atoms with Crippen molar-refractivity contribution >= 4 is 0 Å². The largest absolute Gasteiger partial charge is 0.393 e. The summed E-state index contributed by atoms with van der Waals surface area (Å²) in [7, 11) is 0. The highest BCUT2D eigenvalue weighted by Crippen LogP contribution is 2.68. The van der Waals surface area contributed by atoms with Crippen molar-refractivity contribution in [1.29, 1.82) is 0 Å². The molecule has 138 valence electrons. The van der Waals surface area contributed by atoms with E-state index in [2.05, 4.69) is 13.8 Å². The molecule has 0 heterocycles. The summed E-state index contributed by atoms with van der Waals surface area (Å²) >= 11 is 0. The minimum absolute atomic E-state index is 0.0831. The lowest BCUT2D eigenvalue weighted by Gasteiger charge is -2.61. The van der Waals surface area contributed by atoms with Gasteiger partial charge < -0.3 is 15.3 Å². The number of fused-ring (bicyclic) bond motifs is 5. The van der Waals surface area contributed by atoms with Crippen LogP contribution in [0.15, 0.2) is 0 Å². The maximum atomic E-state index is 11.3. The van der Waals surface area contributed by atoms with Gasteiger partial charge in [0.05, 0.1) is 17.8 Å². The molecule has 0 aromatic rings. The zero-order valence-electron chi connectivity index (χ0n) is 15.7.